The largest absolute Gasteiger partial charge is 0.310 e. The zero-order valence-corrected chi connectivity index (χ0v) is 36.6. The van der Waals surface area contributed by atoms with Crippen LogP contribution < -0.4 is 4.90 Å². The Morgan fingerprint density at radius 1 is 0.328 bits per heavy atom. The van der Waals surface area contributed by atoms with Gasteiger partial charge in [0.2, 0.25) is 0 Å². The maximum atomic E-state index is 2.47. The van der Waals surface area contributed by atoms with Gasteiger partial charge in [-0.3, -0.25) is 0 Å². The highest BCUT2D eigenvalue weighted by atomic mass is 15.1. The second-order valence-electron chi connectivity index (χ2n) is 18.0. The van der Waals surface area contributed by atoms with Crippen LogP contribution >= 0.6 is 0 Å². The van der Waals surface area contributed by atoms with E-state index in [2.05, 4.69) is 264 Å². The van der Waals surface area contributed by atoms with Gasteiger partial charge in [0.1, 0.15) is 0 Å². The second-order valence-corrected chi connectivity index (χ2v) is 18.0. The normalized spacial score (nSPS) is 12.9. The zero-order valence-electron chi connectivity index (χ0n) is 36.6. The topological polar surface area (TPSA) is 8.17 Å². The van der Waals surface area contributed by atoms with Crippen molar-refractivity contribution >= 4 is 49.6 Å². The fraction of sp³-hybridized carbons (Fsp3) is 0.0154. The Balaban J connectivity index is 0.956. The molecule has 14 rings (SSSR count). The van der Waals surface area contributed by atoms with E-state index in [1.807, 2.05) is 0 Å². The number of aromatic nitrogens is 1. The Hall–Kier alpha value is -8.72. The molecule has 0 saturated heterocycles. The molecule has 0 amide bonds. The molecule has 0 aliphatic heterocycles. The van der Waals surface area contributed by atoms with Gasteiger partial charge in [-0.1, -0.05) is 206 Å². The van der Waals surface area contributed by atoms with Gasteiger partial charge < -0.3 is 9.47 Å². The third kappa shape index (κ3) is 5.45. The Bertz CT molecular complexity index is 3850. The average Bonchev–Trinajstić information content (AvgIpc) is 4.02. The molecule has 2 aliphatic rings. The first kappa shape index (κ1) is 37.6. The van der Waals surface area contributed by atoms with Gasteiger partial charge in [0.25, 0.3) is 0 Å². The quantitative estimate of drug-likeness (QED) is 0.162. The molecule has 0 fully saturated rings. The molecule has 0 bridgehead atoms. The van der Waals surface area contributed by atoms with Gasteiger partial charge in [-0.2, -0.15) is 0 Å². The molecule has 0 radical (unpaired) electrons. The minimum atomic E-state index is -0.436. The van der Waals surface area contributed by atoms with Gasteiger partial charge in [0, 0.05) is 38.8 Å². The first-order valence-corrected chi connectivity index (χ1v) is 23.3. The monoisotopic (exact) mass is 850 g/mol. The standard InChI is InChI=1S/C65H42N2/c1-3-16-43(17-4-1)44-30-36-49(37-31-44)66(61-29-15-28-60-63(61)56-24-11-14-27-59(56)65(60)57-25-12-9-22-52(57)53-23-10-13-26-58(53)65)50-38-32-45(33-39-50)47-35-40-54-55-41-34-46-18-7-8-21-51(46)64(55)67(62(54)42-47)48-19-5-2-6-20-48/h1-42H. The van der Waals surface area contributed by atoms with Crippen LogP contribution in [0.3, 0.4) is 0 Å². The lowest BCUT2D eigenvalue weighted by molar-refractivity contribution is 0.794. The highest BCUT2D eigenvalue weighted by Crippen LogP contribution is 2.64. The summed E-state index contributed by atoms with van der Waals surface area (Å²) >= 11 is 0. The summed E-state index contributed by atoms with van der Waals surface area (Å²) in [5.74, 6) is 0. The summed E-state index contributed by atoms with van der Waals surface area (Å²) in [5.41, 5.74) is 21.8. The maximum absolute atomic E-state index is 2.47. The molecule has 2 heteroatoms. The summed E-state index contributed by atoms with van der Waals surface area (Å²) in [7, 11) is 0. The number of para-hydroxylation sites is 1. The summed E-state index contributed by atoms with van der Waals surface area (Å²) < 4.78 is 2.45. The molecular formula is C65H42N2. The van der Waals surface area contributed by atoms with E-state index in [0.717, 1.165) is 22.7 Å². The number of benzene rings is 11. The maximum Gasteiger partial charge on any atom is 0.0726 e. The predicted molar refractivity (Wildman–Crippen MR) is 280 cm³/mol. The molecule has 1 aromatic heterocycles. The Morgan fingerprint density at radius 3 is 1.52 bits per heavy atom. The van der Waals surface area contributed by atoms with Crippen LogP contribution in [-0.4, -0.2) is 4.57 Å². The van der Waals surface area contributed by atoms with Gasteiger partial charge in [-0.15, -0.1) is 0 Å². The van der Waals surface area contributed by atoms with Crippen molar-refractivity contribution in [1.82, 2.24) is 4.57 Å². The summed E-state index contributed by atoms with van der Waals surface area (Å²) in [6, 6.07) is 94.2. The van der Waals surface area contributed by atoms with E-state index in [1.54, 1.807) is 0 Å². The van der Waals surface area contributed by atoms with Gasteiger partial charge in [0.05, 0.1) is 22.1 Å². The minimum absolute atomic E-state index is 0.436. The van der Waals surface area contributed by atoms with Crippen LogP contribution in [0.1, 0.15) is 22.3 Å². The Kier molecular flexibility index (Phi) is 8.23. The van der Waals surface area contributed by atoms with Crippen LogP contribution in [0, 0.1) is 0 Å². The molecule has 1 spiro atoms. The first-order valence-electron chi connectivity index (χ1n) is 23.3. The third-order valence-electron chi connectivity index (χ3n) is 14.6. The first-order chi connectivity index (χ1) is 33.3. The van der Waals surface area contributed by atoms with Gasteiger partial charge in [-0.05, 0) is 115 Å². The lowest BCUT2D eigenvalue weighted by Gasteiger charge is -2.32. The summed E-state index contributed by atoms with van der Waals surface area (Å²) in [5, 5.41) is 5.01. The number of hydrogen-bond acceptors (Lipinski definition) is 1. The number of nitrogens with zero attached hydrogens (tertiary/aromatic N) is 2. The van der Waals surface area contributed by atoms with Gasteiger partial charge in [0.15, 0.2) is 0 Å². The smallest absolute Gasteiger partial charge is 0.0726 e. The number of anilines is 3. The van der Waals surface area contributed by atoms with Crippen LogP contribution in [0.2, 0.25) is 0 Å². The van der Waals surface area contributed by atoms with Crippen LogP contribution in [0.25, 0.3) is 82.8 Å². The van der Waals surface area contributed by atoms with Crippen molar-refractivity contribution < 1.29 is 0 Å². The van der Waals surface area contributed by atoms with E-state index >= 15 is 0 Å². The summed E-state index contributed by atoms with van der Waals surface area (Å²) in [6.07, 6.45) is 0. The van der Waals surface area contributed by atoms with Crippen molar-refractivity contribution in [3.63, 3.8) is 0 Å². The van der Waals surface area contributed by atoms with Crippen LogP contribution in [0.4, 0.5) is 17.1 Å². The fourth-order valence-electron chi connectivity index (χ4n) is 11.8. The highest BCUT2D eigenvalue weighted by Gasteiger charge is 2.52. The van der Waals surface area contributed by atoms with Crippen molar-refractivity contribution in [2.75, 3.05) is 4.90 Å². The Labute approximate surface area is 389 Å². The van der Waals surface area contributed by atoms with Crippen molar-refractivity contribution in [2.24, 2.45) is 0 Å². The van der Waals surface area contributed by atoms with Crippen molar-refractivity contribution in [2.45, 2.75) is 5.41 Å². The molecule has 12 aromatic rings. The molecule has 67 heavy (non-hydrogen) atoms. The number of hydrogen-bond donors (Lipinski definition) is 0. The van der Waals surface area contributed by atoms with E-state index in [-0.39, 0.29) is 0 Å². The van der Waals surface area contributed by atoms with Crippen molar-refractivity contribution in [3.05, 3.63) is 277 Å². The molecule has 0 atom stereocenters. The zero-order chi connectivity index (χ0) is 44.1. The molecule has 1 heterocycles. The lowest BCUT2D eigenvalue weighted by Crippen LogP contribution is -2.26. The molecule has 11 aromatic carbocycles. The van der Waals surface area contributed by atoms with Crippen LogP contribution in [0.5, 0.6) is 0 Å². The molecule has 312 valence electrons. The molecular weight excluding hydrogens is 809 g/mol. The van der Waals surface area contributed by atoms with Gasteiger partial charge >= 0.3 is 0 Å². The van der Waals surface area contributed by atoms with E-state index in [0.29, 0.717) is 0 Å². The minimum Gasteiger partial charge on any atom is -0.310 e. The number of fused-ring (bicyclic) bond motifs is 15. The van der Waals surface area contributed by atoms with Crippen molar-refractivity contribution in [1.29, 1.82) is 0 Å². The molecule has 0 saturated carbocycles. The molecule has 0 N–H and O–H groups in total. The van der Waals surface area contributed by atoms with Crippen molar-refractivity contribution in [3.8, 4) is 50.2 Å². The van der Waals surface area contributed by atoms with Crippen LogP contribution in [-0.2, 0) is 5.41 Å². The van der Waals surface area contributed by atoms with E-state index in [9.17, 15) is 0 Å². The predicted octanol–water partition coefficient (Wildman–Crippen LogP) is 17.1. The highest BCUT2D eigenvalue weighted by molar-refractivity contribution is 6.19. The molecule has 2 aliphatic carbocycles. The van der Waals surface area contributed by atoms with E-state index < -0.39 is 5.41 Å². The molecule has 0 unspecified atom stereocenters. The molecule has 2 nitrogen and oxygen atoms in total. The second kappa shape index (κ2) is 14.7. The third-order valence-corrected chi connectivity index (χ3v) is 14.6. The van der Waals surface area contributed by atoms with E-state index in [1.165, 1.54) is 99.3 Å². The number of rotatable bonds is 6. The van der Waals surface area contributed by atoms with E-state index in [4.69, 9.17) is 0 Å². The lowest BCUT2D eigenvalue weighted by atomic mass is 9.70. The van der Waals surface area contributed by atoms with Gasteiger partial charge in [-0.25, -0.2) is 0 Å². The summed E-state index contributed by atoms with van der Waals surface area (Å²) in [4.78, 5) is 2.47. The summed E-state index contributed by atoms with van der Waals surface area (Å²) in [6.45, 7) is 0. The fourth-order valence-corrected chi connectivity index (χ4v) is 11.8. The average molecular weight is 851 g/mol. The van der Waals surface area contributed by atoms with Crippen LogP contribution in [0.15, 0.2) is 255 Å². The SMILES string of the molecule is c1ccc(-c2ccc(N(c3ccc(-c4ccc5c6ccc7ccccc7c6n(-c6ccccc6)c5c4)cc3)c3cccc4c3-c3ccccc3C43c4ccccc4-c4ccccc43)cc2)cc1. The Morgan fingerprint density at radius 2 is 0.836 bits per heavy atom.